The van der Waals surface area contributed by atoms with Gasteiger partial charge in [0.25, 0.3) is 0 Å². The molecule has 0 amide bonds. The van der Waals surface area contributed by atoms with Crippen LogP contribution in [0.2, 0.25) is 5.15 Å². The van der Waals surface area contributed by atoms with Crippen LogP contribution in [0.15, 0.2) is 36.8 Å². The van der Waals surface area contributed by atoms with Crippen molar-refractivity contribution in [2.75, 3.05) is 0 Å². The molecule has 33 heavy (non-hydrogen) atoms. The van der Waals surface area contributed by atoms with Crippen molar-refractivity contribution in [2.45, 2.75) is 31.9 Å². The minimum absolute atomic E-state index is 0.0551. The summed E-state index contributed by atoms with van der Waals surface area (Å²) in [5, 5.41) is 12.9. The van der Waals surface area contributed by atoms with Gasteiger partial charge in [-0.15, -0.1) is 0 Å². The fourth-order valence-electron chi connectivity index (χ4n) is 3.41. The summed E-state index contributed by atoms with van der Waals surface area (Å²) in [7, 11) is 0. The highest BCUT2D eigenvalue weighted by Gasteiger charge is 2.73. The molecule has 0 saturated carbocycles. The van der Waals surface area contributed by atoms with Crippen LogP contribution in [-0.4, -0.2) is 38.2 Å². The summed E-state index contributed by atoms with van der Waals surface area (Å²) in [6.07, 6.45) is -8.60. The van der Waals surface area contributed by atoms with Gasteiger partial charge in [-0.1, -0.05) is 23.7 Å². The maximum atomic E-state index is 14.5. The Morgan fingerprint density at radius 3 is 2.00 bits per heavy atom. The molecule has 0 aliphatic heterocycles. The summed E-state index contributed by atoms with van der Waals surface area (Å²) in [4.78, 5) is 15.0. The molecule has 5 nitrogen and oxygen atoms in total. The number of carbonyl (C=O) groups is 1. The highest BCUT2D eigenvalue weighted by atomic mass is 35.5. The first-order valence-electron chi connectivity index (χ1n) is 8.96. The van der Waals surface area contributed by atoms with Gasteiger partial charge < -0.3 is 5.11 Å². The number of carboxylic acid groups (broad SMARTS) is 1. The molecule has 0 aliphatic rings. The van der Waals surface area contributed by atoms with Gasteiger partial charge in [-0.3, -0.25) is 0 Å². The molecule has 0 fully saturated rings. The van der Waals surface area contributed by atoms with Crippen molar-refractivity contribution in [3.63, 3.8) is 0 Å². The van der Waals surface area contributed by atoms with Gasteiger partial charge in [-0.05, 0) is 36.6 Å². The number of pyridine rings is 1. The molecule has 2 aromatic heterocycles. The predicted octanol–water partition coefficient (Wildman–Crippen LogP) is 6.19. The van der Waals surface area contributed by atoms with Crippen molar-refractivity contribution in [2.24, 2.45) is 0 Å². The zero-order valence-corrected chi connectivity index (χ0v) is 17.4. The van der Waals surface area contributed by atoms with Crippen LogP contribution in [-0.2, 0) is 5.67 Å². The third-order valence-electron chi connectivity index (χ3n) is 4.90. The summed E-state index contributed by atoms with van der Waals surface area (Å²) in [5.74, 6) is -1.34. The average Bonchev–Trinajstić information content (AvgIpc) is 3.14. The molecule has 2 heterocycles. The molecule has 1 N–H and O–H groups in total. The average molecular weight is 496 g/mol. The topological polar surface area (TPSA) is 68.0 Å². The maximum Gasteiger partial charge on any atom is 0.435 e. The molecule has 3 rings (SSSR count). The molecule has 0 bridgehead atoms. The number of aromatic carboxylic acids is 1. The van der Waals surface area contributed by atoms with Crippen molar-refractivity contribution >= 4 is 17.6 Å². The van der Waals surface area contributed by atoms with Crippen LogP contribution in [0, 0.1) is 13.8 Å². The van der Waals surface area contributed by atoms with Crippen molar-refractivity contribution in [1.29, 1.82) is 0 Å². The van der Waals surface area contributed by atoms with E-state index < -0.39 is 29.6 Å². The number of benzene rings is 1. The van der Waals surface area contributed by atoms with Crippen LogP contribution in [0.25, 0.3) is 16.8 Å². The Hall–Kier alpha value is -3.15. The first kappa shape index (κ1) is 24.5. The molecule has 0 saturated heterocycles. The van der Waals surface area contributed by atoms with E-state index in [2.05, 4.69) is 10.1 Å². The zero-order chi connectivity index (χ0) is 24.9. The van der Waals surface area contributed by atoms with Gasteiger partial charge >= 0.3 is 24.0 Å². The Morgan fingerprint density at radius 1 is 0.970 bits per heavy atom. The zero-order valence-electron chi connectivity index (χ0n) is 16.7. The van der Waals surface area contributed by atoms with Crippen LogP contribution >= 0.6 is 11.6 Å². The number of alkyl halides is 7. The van der Waals surface area contributed by atoms with Crippen LogP contribution in [0.1, 0.15) is 27.0 Å². The molecule has 0 atom stereocenters. The highest BCUT2D eigenvalue weighted by Crippen LogP contribution is 2.54. The summed E-state index contributed by atoms with van der Waals surface area (Å²) < 4.78 is 94.4. The SMILES string of the molecule is Cc1cc(C(F)(C(F)(F)F)C(F)(F)F)cc(C)c1-c1cnn(-c2cnc(Cl)c(C(=O)O)c2)c1. The third kappa shape index (κ3) is 4.14. The molecular weight excluding hydrogens is 483 g/mol. The Bertz CT molecular complexity index is 1200. The molecule has 176 valence electrons. The molecule has 0 unspecified atom stereocenters. The predicted molar refractivity (Wildman–Crippen MR) is 103 cm³/mol. The smallest absolute Gasteiger partial charge is 0.435 e. The summed E-state index contributed by atoms with van der Waals surface area (Å²) in [5.41, 5.74) is -6.83. The monoisotopic (exact) mass is 495 g/mol. The summed E-state index contributed by atoms with van der Waals surface area (Å²) >= 11 is 5.72. The molecule has 1 aromatic carbocycles. The van der Waals surface area contributed by atoms with Gasteiger partial charge in [0.1, 0.15) is 5.15 Å². The standard InChI is InChI=1S/C20H13ClF7N3O2/c1-9-3-12(18(22,19(23,24)25)20(26,27)28)4-10(2)15(9)11-6-30-31(8-11)13-5-14(17(32)33)16(21)29-7-13/h3-8H,1-2H3,(H,32,33). The van der Waals surface area contributed by atoms with Crippen LogP contribution in [0.3, 0.4) is 0 Å². The van der Waals surface area contributed by atoms with Crippen molar-refractivity contribution in [3.8, 4) is 16.8 Å². The number of carboxylic acids is 1. The number of rotatable bonds is 4. The van der Waals surface area contributed by atoms with Crippen molar-refractivity contribution in [1.82, 2.24) is 14.8 Å². The van der Waals surface area contributed by atoms with E-state index in [1.165, 1.54) is 43.2 Å². The Labute approximate surface area is 186 Å². The van der Waals surface area contributed by atoms with Crippen LogP contribution in [0.4, 0.5) is 30.7 Å². The lowest BCUT2D eigenvalue weighted by Crippen LogP contribution is -2.50. The van der Waals surface area contributed by atoms with Gasteiger partial charge in [0.15, 0.2) is 0 Å². The third-order valence-corrected chi connectivity index (χ3v) is 5.20. The Kier molecular flexibility index (Phi) is 5.95. The van der Waals surface area contributed by atoms with E-state index in [0.29, 0.717) is 12.1 Å². The number of hydrogen-bond acceptors (Lipinski definition) is 3. The number of aromatic nitrogens is 3. The summed E-state index contributed by atoms with van der Waals surface area (Å²) in [6, 6.07) is 2.17. The van der Waals surface area contributed by atoms with E-state index >= 15 is 0 Å². The first-order valence-corrected chi connectivity index (χ1v) is 9.34. The summed E-state index contributed by atoms with van der Waals surface area (Å²) in [6.45, 7) is 2.48. The minimum atomic E-state index is -6.22. The number of halogens is 8. The number of hydrogen-bond donors (Lipinski definition) is 1. The van der Waals surface area contributed by atoms with E-state index in [1.54, 1.807) is 0 Å². The van der Waals surface area contributed by atoms with E-state index in [-0.39, 0.29) is 38.7 Å². The fourth-order valence-corrected chi connectivity index (χ4v) is 3.60. The Morgan fingerprint density at radius 2 is 1.52 bits per heavy atom. The highest BCUT2D eigenvalue weighted by molar-refractivity contribution is 6.32. The molecular formula is C20H13ClF7N3O2. The van der Waals surface area contributed by atoms with Crippen LogP contribution < -0.4 is 0 Å². The molecule has 0 spiro atoms. The fraction of sp³-hybridized carbons (Fsp3) is 0.250. The largest absolute Gasteiger partial charge is 0.478 e. The maximum absolute atomic E-state index is 14.5. The van der Waals surface area contributed by atoms with Crippen molar-refractivity contribution in [3.05, 3.63) is 64.2 Å². The van der Waals surface area contributed by atoms with E-state index in [1.807, 2.05) is 0 Å². The lowest BCUT2D eigenvalue weighted by atomic mass is 9.87. The molecule has 0 radical (unpaired) electrons. The number of aryl methyl sites for hydroxylation is 2. The lowest BCUT2D eigenvalue weighted by Gasteiger charge is -2.31. The van der Waals surface area contributed by atoms with E-state index in [9.17, 15) is 35.5 Å². The van der Waals surface area contributed by atoms with Crippen LogP contribution in [0.5, 0.6) is 0 Å². The van der Waals surface area contributed by atoms with Gasteiger partial charge in [0.05, 0.1) is 23.6 Å². The Balaban J connectivity index is 2.10. The van der Waals surface area contributed by atoms with Gasteiger partial charge in [0.2, 0.25) is 0 Å². The molecule has 3 aromatic rings. The van der Waals surface area contributed by atoms with Gasteiger partial charge in [-0.2, -0.15) is 31.4 Å². The van der Waals surface area contributed by atoms with Gasteiger partial charge in [-0.25, -0.2) is 18.9 Å². The quantitative estimate of drug-likeness (QED) is 0.346. The van der Waals surface area contributed by atoms with Gasteiger partial charge in [0, 0.05) is 17.3 Å². The van der Waals surface area contributed by atoms with Crippen molar-refractivity contribution < 1.29 is 40.6 Å². The second-order valence-electron chi connectivity index (χ2n) is 7.15. The second-order valence-corrected chi connectivity index (χ2v) is 7.51. The molecule has 13 heteroatoms. The normalized spacial score (nSPS) is 12.8. The first-order chi connectivity index (χ1) is 15.1. The minimum Gasteiger partial charge on any atom is -0.478 e. The lowest BCUT2D eigenvalue weighted by molar-refractivity contribution is -0.348. The van der Waals surface area contributed by atoms with E-state index in [4.69, 9.17) is 16.7 Å². The van der Waals surface area contributed by atoms with E-state index in [0.717, 1.165) is 0 Å². The number of nitrogens with zero attached hydrogens (tertiary/aromatic N) is 3. The molecule has 0 aliphatic carbocycles. The second kappa shape index (κ2) is 8.01.